The van der Waals surface area contributed by atoms with Gasteiger partial charge in [-0.2, -0.15) is 13.2 Å². The summed E-state index contributed by atoms with van der Waals surface area (Å²) in [5.74, 6) is 0.0911. The molecule has 6 heteroatoms. The van der Waals surface area contributed by atoms with Crippen molar-refractivity contribution in [2.75, 3.05) is 18.0 Å². The molecule has 0 bridgehead atoms. The monoisotopic (exact) mass is 502 g/mol. The van der Waals surface area contributed by atoms with Gasteiger partial charge in [-0.1, -0.05) is 45.4 Å². The van der Waals surface area contributed by atoms with Gasteiger partial charge in [0.15, 0.2) is 0 Å². The van der Waals surface area contributed by atoms with Crippen LogP contribution < -0.4 is 4.90 Å². The molecule has 1 atom stereocenters. The van der Waals surface area contributed by atoms with E-state index in [9.17, 15) is 13.2 Å². The second kappa shape index (κ2) is 11.6. The number of rotatable bonds is 7. The van der Waals surface area contributed by atoms with Gasteiger partial charge in [-0.05, 0) is 86.5 Å². The van der Waals surface area contributed by atoms with Gasteiger partial charge in [0.2, 0.25) is 0 Å². The van der Waals surface area contributed by atoms with Crippen molar-refractivity contribution >= 4 is 28.5 Å². The molecule has 2 aromatic carbocycles. The Kier molecular flexibility index (Phi) is 9.03. The number of likely N-dealkylation sites (N-methyl/N-ethyl adjacent to an activating group) is 1. The van der Waals surface area contributed by atoms with E-state index in [4.69, 9.17) is 0 Å². The number of anilines is 1. The molecule has 4 rings (SSSR count). The first kappa shape index (κ1) is 27.3. The Morgan fingerprint density at radius 1 is 1.09 bits per heavy atom. The number of halogens is 3. The standard InChI is InChI=1S/C27H31F3N2S.C2H6/c1-5-8-18(4)22(6-2)24-17-32(25-12-10-20(15-23(24)25)27(28,29)30)33-21-11-9-19-13-14-31(7-3)26(19)16-21;1-2/h8-12,15-17,22H,5-7,13-14H2,1-4H3;1-2H3/b18-8+;. The van der Waals surface area contributed by atoms with Crippen LogP contribution in [0.3, 0.4) is 0 Å². The normalized spacial score (nSPS) is 14.7. The highest BCUT2D eigenvalue weighted by molar-refractivity contribution is 7.98. The molecule has 0 N–H and O–H groups in total. The molecular weight excluding hydrogens is 465 g/mol. The fourth-order valence-corrected chi connectivity index (χ4v) is 5.87. The van der Waals surface area contributed by atoms with E-state index in [1.54, 1.807) is 18.0 Å². The fraction of sp³-hybridized carbons (Fsp3) is 0.448. The van der Waals surface area contributed by atoms with Gasteiger partial charge in [0.25, 0.3) is 0 Å². The summed E-state index contributed by atoms with van der Waals surface area (Å²) in [7, 11) is 0. The number of nitrogens with zero attached hydrogens (tertiary/aromatic N) is 2. The second-order valence-electron chi connectivity index (χ2n) is 8.67. The fourth-order valence-electron chi connectivity index (χ4n) is 4.93. The van der Waals surface area contributed by atoms with Crippen molar-refractivity contribution in [1.82, 2.24) is 3.97 Å². The molecule has 0 saturated carbocycles. The number of allylic oxidation sites excluding steroid dienone is 2. The zero-order chi connectivity index (χ0) is 25.8. The van der Waals surface area contributed by atoms with Crippen molar-refractivity contribution in [2.24, 2.45) is 0 Å². The summed E-state index contributed by atoms with van der Waals surface area (Å²) in [6.07, 6.45) is 2.67. The van der Waals surface area contributed by atoms with Crippen molar-refractivity contribution in [3.63, 3.8) is 0 Å². The van der Waals surface area contributed by atoms with Crippen molar-refractivity contribution in [3.05, 3.63) is 70.9 Å². The van der Waals surface area contributed by atoms with E-state index in [1.807, 2.05) is 24.0 Å². The molecule has 0 saturated heterocycles. The largest absolute Gasteiger partial charge is 0.416 e. The molecule has 35 heavy (non-hydrogen) atoms. The molecule has 0 fully saturated rings. The number of aromatic nitrogens is 1. The first-order valence-electron chi connectivity index (χ1n) is 12.7. The summed E-state index contributed by atoms with van der Waals surface area (Å²) in [6, 6.07) is 10.7. The zero-order valence-electron chi connectivity index (χ0n) is 21.7. The Hall–Kier alpha value is -2.34. The summed E-state index contributed by atoms with van der Waals surface area (Å²) in [5, 5.41) is 0.685. The van der Waals surface area contributed by atoms with Gasteiger partial charge in [0.1, 0.15) is 0 Å². The SMILES string of the molecule is CC.CC/C=C(\C)C(CC)c1cn(Sc2ccc3c(c2)N(CC)CC3)c2ccc(C(F)(F)F)cc12. The highest BCUT2D eigenvalue weighted by atomic mass is 32.2. The quantitative estimate of drug-likeness (QED) is 0.297. The Balaban J connectivity index is 0.00000167. The molecule has 0 amide bonds. The van der Waals surface area contributed by atoms with Gasteiger partial charge in [0.05, 0.1) is 11.1 Å². The second-order valence-corrected chi connectivity index (χ2v) is 9.72. The highest BCUT2D eigenvalue weighted by Gasteiger charge is 2.31. The lowest BCUT2D eigenvalue weighted by Gasteiger charge is -2.17. The van der Waals surface area contributed by atoms with Crippen LogP contribution in [0.4, 0.5) is 18.9 Å². The average Bonchev–Trinajstić information content (AvgIpc) is 3.41. The van der Waals surface area contributed by atoms with E-state index < -0.39 is 11.7 Å². The van der Waals surface area contributed by atoms with Crippen LogP contribution >= 0.6 is 11.9 Å². The minimum atomic E-state index is -4.36. The van der Waals surface area contributed by atoms with Crippen LogP contribution in [-0.2, 0) is 12.6 Å². The maximum absolute atomic E-state index is 13.5. The van der Waals surface area contributed by atoms with Crippen LogP contribution in [-0.4, -0.2) is 17.1 Å². The number of benzene rings is 2. The molecular formula is C29H37F3N2S. The average molecular weight is 503 g/mol. The van der Waals surface area contributed by atoms with Crippen LogP contribution in [0.1, 0.15) is 77.0 Å². The van der Waals surface area contributed by atoms with Gasteiger partial charge in [-0.3, -0.25) is 3.97 Å². The summed E-state index contributed by atoms with van der Waals surface area (Å²) in [6.45, 7) is 14.4. The maximum atomic E-state index is 13.5. The van der Waals surface area contributed by atoms with E-state index in [0.717, 1.165) is 48.3 Å². The summed E-state index contributed by atoms with van der Waals surface area (Å²) in [5.41, 5.74) is 5.02. The van der Waals surface area contributed by atoms with E-state index in [1.165, 1.54) is 29.0 Å². The molecule has 1 unspecified atom stereocenters. The lowest BCUT2D eigenvalue weighted by molar-refractivity contribution is -0.137. The zero-order valence-corrected chi connectivity index (χ0v) is 22.5. The van der Waals surface area contributed by atoms with E-state index >= 15 is 0 Å². The molecule has 0 radical (unpaired) electrons. The lowest BCUT2D eigenvalue weighted by atomic mass is 9.88. The van der Waals surface area contributed by atoms with Gasteiger partial charge in [-0.15, -0.1) is 0 Å². The molecule has 1 aromatic heterocycles. The van der Waals surface area contributed by atoms with E-state index in [-0.39, 0.29) is 5.92 Å². The van der Waals surface area contributed by atoms with Gasteiger partial charge in [-0.25, -0.2) is 0 Å². The minimum Gasteiger partial charge on any atom is -0.371 e. The third kappa shape index (κ3) is 5.74. The Bertz CT molecular complexity index is 1180. The van der Waals surface area contributed by atoms with Crippen molar-refractivity contribution in [1.29, 1.82) is 0 Å². The number of alkyl halides is 3. The van der Waals surface area contributed by atoms with Crippen LogP contribution in [0.2, 0.25) is 0 Å². The third-order valence-corrected chi connectivity index (χ3v) is 7.59. The number of hydrogen-bond donors (Lipinski definition) is 0. The topological polar surface area (TPSA) is 8.17 Å². The Labute approximate surface area is 212 Å². The Morgan fingerprint density at radius 3 is 2.46 bits per heavy atom. The van der Waals surface area contributed by atoms with Gasteiger partial charge < -0.3 is 4.90 Å². The lowest BCUT2D eigenvalue weighted by Crippen LogP contribution is -2.19. The first-order valence-corrected chi connectivity index (χ1v) is 13.5. The minimum absolute atomic E-state index is 0.0911. The smallest absolute Gasteiger partial charge is 0.371 e. The van der Waals surface area contributed by atoms with E-state index in [2.05, 4.69) is 56.9 Å². The van der Waals surface area contributed by atoms with Gasteiger partial charge in [0, 0.05) is 41.2 Å². The number of hydrogen-bond acceptors (Lipinski definition) is 2. The first-order chi connectivity index (χ1) is 16.8. The van der Waals surface area contributed by atoms with Crippen LogP contribution in [0.25, 0.3) is 10.9 Å². The van der Waals surface area contributed by atoms with E-state index in [0.29, 0.717) is 5.39 Å². The predicted molar refractivity (Wildman–Crippen MR) is 145 cm³/mol. The van der Waals surface area contributed by atoms with Crippen molar-refractivity contribution < 1.29 is 13.2 Å². The van der Waals surface area contributed by atoms with Crippen molar-refractivity contribution in [3.8, 4) is 0 Å². The molecule has 3 aromatic rings. The van der Waals surface area contributed by atoms with Crippen LogP contribution in [0.5, 0.6) is 0 Å². The summed E-state index contributed by atoms with van der Waals surface area (Å²) >= 11 is 1.57. The molecule has 2 heterocycles. The molecule has 1 aliphatic rings. The predicted octanol–water partition coefficient (Wildman–Crippen LogP) is 9.47. The molecule has 190 valence electrons. The molecule has 1 aliphatic heterocycles. The van der Waals surface area contributed by atoms with Crippen molar-refractivity contribution in [2.45, 2.75) is 77.8 Å². The highest BCUT2D eigenvalue weighted by Crippen LogP contribution is 2.41. The summed E-state index contributed by atoms with van der Waals surface area (Å²) < 4.78 is 42.6. The maximum Gasteiger partial charge on any atom is 0.416 e. The Morgan fingerprint density at radius 2 is 1.83 bits per heavy atom. The summed E-state index contributed by atoms with van der Waals surface area (Å²) in [4.78, 5) is 3.46. The molecule has 0 aliphatic carbocycles. The van der Waals surface area contributed by atoms with Gasteiger partial charge >= 0.3 is 6.18 Å². The van der Waals surface area contributed by atoms with Crippen LogP contribution in [0, 0.1) is 0 Å². The molecule has 2 nitrogen and oxygen atoms in total. The number of fused-ring (bicyclic) bond motifs is 2. The third-order valence-electron chi connectivity index (χ3n) is 6.62. The van der Waals surface area contributed by atoms with Crippen LogP contribution in [0.15, 0.2) is 59.1 Å². The molecule has 0 spiro atoms.